The molecular weight excluding hydrogens is 282 g/mol. The number of rotatable bonds is 8. The van der Waals surface area contributed by atoms with E-state index in [2.05, 4.69) is 15.6 Å². The summed E-state index contributed by atoms with van der Waals surface area (Å²) in [5, 5.41) is 6.52. The Kier molecular flexibility index (Phi) is 8.14. The number of hydrogen-bond donors (Lipinski definition) is 2. The van der Waals surface area contributed by atoms with Gasteiger partial charge in [-0.05, 0) is 31.5 Å². The van der Waals surface area contributed by atoms with E-state index < -0.39 is 0 Å². The van der Waals surface area contributed by atoms with Crippen LogP contribution in [0.2, 0.25) is 0 Å². The standard InChI is InChI=1S/C16H27N3O3/c1-6-22-14-8-7-13(9-15(14)21-5)10-18-16(17-3)19-12(2)11-20-4/h7-9,12H,6,10-11H2,1-5H3,(H2,17,18,19). The number of benzene rings is 1. The van der Waals surface area contributed by atoms with Gasteiger partial charge in [0.1, 0.15) is 0 Å². The largest absolute Gasteiger partial charge is 0.493 e. The molecule has 0 spiro atoms. The van der Waals surface area contributed by atoms with Crippen LogP contribution in [-0.4, -0.2) is 46.5 Å². The van der Waals surface area contributed by atoms with Gasteiger partial charge in [0.2, 0.25) is 0 Å². The van der Waals surface area contributed by atoms with E-state index in [4.69, 9.17) is 14.2 Å². The Bertz CT molecular complexity index is 478. The first-order chi connectivity index (χ1) is 10.6. The minimum Gasteiger partial charge on any atom is -0.493 e. The van der Waals surface area contributed by atoms with E-state index in [9.17, 15) is 0 Å². The van der Waals surface area contributed by atoms with Crippen molar-refractivity contribution in [2.24, 2.45) is 4.99 Å². The SMILES string of the molecule is CCOc1ccc(CNC(=NC)NC(C)COC)cc1OC. The Hall–Kier alpha value is -1.95. The number of methoxy groups -OCH3 is 2. The number of aliphatic imine (C=N–C) groups is 1. The molecule has 0 fully saturated rings. The van der Waals surface area contributed by atoms with Crippen molar-refractivity contribution in [3.63, 3.8) is 0 Å². The normalized spacial score (nSPS) is 12.7. The predicted octanol–water partition coefficient (Wildman–Crippen LogP) is 1.79. The zero-order valence-corrected chi connectivity index (χ0v) is 14.1. The van der Waals surface area contributed by atoms with Crippen molar-refractivity contribution in [2.75, 3.05) is 34.5 Å². The summed E-state index contributed by atoms with van der Waals surface area (Å²) in [6.45, 7) is 5.86. The predicted molar refractivity (Wildman–Crippen MR) is 88.8 cm³/mol. The van der Waals surface area contributed by atoms with E-state index in [1.54, 1.807) is 21.3 Å². The number of ether oxygens (including phenoxy) is 3. The van der Waals surface area contributed by atoms with Gasteiger partial charge < -0.3 is 24.8 Å². The van der Waals surface area contributed by atoms with E-state index in [0.29, 0.717) is 19.8 Å². The van der Waals surface area contributed by atoms with Crippen LogP contribution in [0.25, 0.3) is 0 Å². The summed E-state index contributed by atoms with van der Waals surface area (Å²) >= 11 is 0. The van der Waals surface area contributed by atoms with Crippen molar-refractivity contribution in [2.45, 2.75) is 26.4 Å². The van der Waals surface area contributed by atoms with Crippen molar-refractivity contribution in [3.8, 4) is 11.5 Å². The Balaban J connectivity index is 2.62. The number of guanidine groups is 1. The Morgan fingerprint density at radius 1 is 1.27 bits per heavy atom. The number of hydrogen-bond acceptors (Lipinski definition) is 4. The van der Waals surface area contributed by atoms with Crippen LogP contribution in [0.3, 0.4) is 0 Å². The van der Waals surface area contributed by atoms with Gasteiger partial charge in [0, 0.05) is 26.7 Å². The molecule has 0 radical (unpaired) electrons. The lowest BCUT2D eigenvalue weighted by Crippen LogP contribution is -2.43. The van der Waals surface area contributed by atoms with Crippen LogP contribution >= 0.6 is 0 Å². The van der Waals surface area contributed by atoms with Gasteiger partial charge in [-0.15, -0.1) is 0 Å². The maximum Gasteiger partial charge on any atom is 0.191 e. The van der Waals surface area contributed by atoms with Gasteiger partial charge in [-0.1, -0.05) is 6.07 Å². The Labute approximate surface area is 132 Å². The Morgan fingerprint density at radius 3 is 2.64 bits per heavy atom. The summed E-state index contributed by atoms with van der Waals surface area (Å²) < 4.78 is 16.0. The molecule has 2 N–H and O–H groups in total. The van der Waals surface area contributed by atoms with Crippen LogP contribution in [0.15, 0.2) is 23.2 Å². The highest BCUT2D eigenvalue weighted by atomic mass is 16.5. The molecule has 1 aromatic rings. The third kappa shape index (κ3) is 5.81. The number of nitrogens with one attached hydrogen (secondary N) is 2. The van der Waals surface area contributed by atoms with Crippen molar-refractivity contribution >= 4 is 5.96 Å². The fourth-order valence-corrected chi connectivity index (χ4v) is 2.00. The van der Waals surface area contributed by atoms with E-state index in [1.807, 2.05) is 32.0 Å². The molecule has 0 bridgehead atoms. The Morgan fingerprint density at radius 2 is 2.05 bits per heavy atom. The highest BCUT2D eigenvalue weighted by molar-refractivity contribution is 5.79. The summed E-state index contributed by atoms with van der Waals surface area (Å²) in [6.07, 6.45) is 0. The molecule has 1 rings (SSSR count). The molecule has 0 aliphatic heterocycles. The van der Waals surface area contributed by atoms with Crippen LogP contribution in [0.1, 0.15) is 19.4 Å². The molecule has 0 saturated heterocycles. The van der Waals surface area contributed by atoms with Gasteiger partial charge >= 0.3 is 0 Å². The van der Waals surface area contributed by atoms with Crippen molar-refractivity contribution in [3.05, 3.63) is 23.8 Å². The van der Waals surface area contributed by atoms with E-state index in [1.165, 1.54) is 0 Å². The lowest BCUT2D eigenvalue weighted by molar-refractivity contribution is 0.179. The zero-order chi connectivity index (χ0) is 16.4. The summed E-state index contributed by atoms with van der Waals surface area (Å²) in [5.74, 6) is 2.22. The summed E-state index contributed by atoms with van der Waals surface area (Å²) in [4.78, 5) is 4.20. The summed E-state index contributed by atoms with van der Waals surface area (Å²) in [6, 6.07) is 6.07. The number of nitrogens with zero attached hydrogens (tertiary/aromatic N) is 1. The molecule has 0 aliphatic rings. The van der Waals surface area contributed by atoms with E-state index in [0.717, 1.165) is 23.0 Å². The second-order valence-electron chi connectivity index (χ2n) is 4.84. The van der Waals surface area contributed by atoms with Crippen molar-refractivity contribution in [1.29, 1.82) is 0 Å². The molecule has 6 heteroatoms. The van der Waals surface area contributed by atoms with Crippen LogP contribution in [0.5, 0.6) is 11.5 Å². The van der Waals surface area contributed by atoms with Gasteiger partial charge in [-0.2, -0.15) is 0 Å². The third-order valence-corrected chi connectivity index (χ3v) is 3.01. The van der Waals surface area contributed by atoms with Crippen LogP contribution in [-0.2, 0) is 11.3 Å². The minimum absolute atomic E-state index is 0.186. The molecule has 0 saturated carbocycles. The van der Waals surface area contributed by atoms with Crippen LogP contribution < -0.4 is 20.1 Å². The van der Waals surface area contributed by atoms with Crippen molar-refractivity contribution < 1.29 is 14.2 Å². The lowest BCUT2D eigenvalue weighted by atomic mass is 10.2. The molecule has 22 heavy (non-hydrogen) atoms. The quantitative estimate of drug-likeness (QED) is 0.566. The van der Waals surface area contributed by atoms with E-state index >= 15 is 0 Å². The first-order valence-corrected chi connectivity index (χ1v) is 7.40. The maximum absolute atomic E-state index is 5.51. The van der Waals surface area contributed by atoms with Gasteiger partial charge in [0.15, 0.2) is 17.5 Å². The van der Waals surface area contributed by atoms with Crippen molar-refractivity contribution in [1.82, 2.24) is 10.6 Å². The topological polar surface area (TPSA) is 64.1 Å². The second kappa shape index (κ2) is 9.89. The van der Waals surface area contributed by atoms with Gasteiger partial charge in [0.25, 0.3) is 0 Å². The molecule has 124 valence electrons. The zero-order valence-electron chi connectivity index (χ0n) is 14.1. The first kappa shape index (κ1) is 18.1. The first-order valence-electron chi connectivity index (χ1n) is 7.40. The van der Waals surface area contributed by atoms with Crippen LogP contribution in [0, 0.1) is 0 Å². The smallest absolute Gasteiger partial charge is 0.191 e. The van der Waals surface area contributed by atoms with Crippen LogP contribution in [0.4, 0.5) is 0 Å². The lowest BCUT2D eigenvalue weighted by Gasteiger charge is -2.17. The third-order valence-electron chi connectivity index (χ3n) is 3.01. The molecule has 1 aromatic carbocycles. The molecule has 0 aliphatic carbocycles. The average molecular weight is 309 g/mol. The minimum atomic E-state index is 0.186. The molecule has 6 nitrogen and oxygen atoms in total. The van der Waals surface area contributed by atoms with E-state index in [-0.39, 0.29) is 6.04 Å². The maximum atomic E-state index is 5.51. The molecule has 0 heterocycles. The summed E-state index contributed by atoms with van der Waals surface area (Å²) in [7, 11) is 5.07. The molecule has 0 amide bonds. The van der Waals surface area contributed by atoms with Gasteiger partial charge in [0.05, 0.1) is 20.3 Å². The average Bonchev–Trinajstić information content (AvgIpc) is 2.52. The highest BCUT2D eigenvalue weighted by Gasteiger charge is 2.07. The van der Waals surface area contributed by atoms with Gasteiger partial charge in [-0.25, -0.2) is 0 Å². The highest BCUT2D eigenvalue weighted by Crippen LogP contribution is 2.27. The van der Waals surface area contributed by atoms with Gasteiger partial charge in [-0.3, -0.25) is 4.99 Å². The molecular formula is C16H27N3O3. The summed E-state index contributed by atoms with van der Waals surface area (Å²) in [5.41, 5.74) is 1.09. The molecule has 1 atom stereocenters. The molecule has 0 aromatic heterocycles. The molecule has 1 unspecified atom stereocenters. The monoisotopic (exact) mass is 309 g/mol. The fraction of sp³-hybridized carbons (Fsp3) is 0.562. The second-order valence-corrected chi connectivity index (χ2v) is 4.84. The fourth-order valence-electron chi connectivity index (χ4n) is 2.00.